The lowest BCUT2D eigenvalue weighted by atomic mass is 9.93. The van der Waals surface area contributed by atoms with Gasteiger partial charge in [-0.15, -0.1) is 0 Å². The Morgan fingerprint density at radius 3 is 2.94 bits per heavy atom. The third-order valence-corrected chi connectivity index (χ3v) is 2.85. The number of esters is 1. The number of methoxy groups -OCH3 is 1. The van der Waals surface area contributed by atoms with Crippen LogP contribution in [0.25, 0.3) is 0 Å². The van der Waals surface area contributed by atoms with Crippen LogP contribution in [-0.4, -0.2) is 32.1 Å². The molecule has 0 N–H and O–H groups in total. The minimum Gasteiger partial charge on any atom is -0.466 e. The van der Waals surface area contributed by atoms with Crippen LogP contribution in [0.4, 0.5) is 0 Å². The predicted octanol–water partition coefficient (Wildman–Crippen LogP) is 1.57. The van der Waals surface area contributed by atoms with Crippen molar-refractivity contribution in [3.8, 4) is 0 Å². The van der Waals surface area contributed by atoms with Crippen LogP contribution in [0.3, 0.4) is 0 Å². The number of ether oxygens (including phenoxy) is 3. The zero-order valence-electron chi connectivity index (χ0n) is 9.40. The Hall–Kier alpha value is -1.13. The molecule has 0 amide bonds. The zero-order valence-corrected chi connectivity index (χ0v) is 9.40. The Morgan fingerprint density at radius 1 is 1.50 bits per heavy atom. The molecule has 0 aromatic carbocycles. The molecule has 4 heteroatoms. The Balaban J connectivity index is 1.98. The molecule has 88 valence electrons. The molecule has 1 fully saturated rings. The maximum absolute atomic E-state index is 11.0. The van der Waals surface area contributed by atoms with E-state index in [-0.39, 0.29) is 5.97 Å². The summed E-state index contributed by atoms with van der Waals surface area (Å²) >= 11 is 0. The number of hydrogen-bond donors (Lipinski definition) is 0. The maximum atomic E-state index is 11.0. The van der Waals surface area contributed by atoms with Gasteiger partial charge in [-0.1, -0.05) is 12.2 Å². The van der Waals surface area contributed by atoms with Crippen LogP contribution in [0.15, 0.2) is 23.8 Å². The van der Waals surface area contributed by atoms with Crippen LogP contribution < -0.4 is 0 Å². The summed E-state index contributed by atoms with van der Waals surface area (Å²) in [5, 5.41) is 0. The van der Waals surface area contributed by atoms with E-state index >= 15 is 0 Å². The fourth-order valence-electron chi connectivity index (χ4n) is 2.06. The molecule has 0 radical (unpaired) electrons. The molecule has 0 unspecified atom stereocenters. The second-order valence-corrected chi connectivity index (χ2v) is 3.96. The van der Waals surface area contributed by atoms with E-state index in [0.717, 1.165) is 18.4 Å². The molecular weight excluding hydrogens is 208 g/mol. The second kappa shape index (κ2) is 4.80. The molecule has 0 saturated carbocycles. The molecular formula is C12H16O4. The van der Waals surface area contributed by atoms with Crippen molar-refractivity contribution < 1.29 is 19.0 Å². The summed E-state index contributed by atoms with van der Waals surface area (Å²) in [6.45, 7) is 1.32. The standard InChI is InChI=1S/C12H16O4/c1-14-11(13)5-4-10-3-2-6-12(9-10)15-7-8-16-12/h3-5H,2,6-9H2,1H3. The summed E-state index contributed by atoms with van der Waals surface area (Å²) in [5.41, 5.74) is 1.07. The first-order valence-corrected chi connectivity index (χ1v) is 5.47. The zero-order chi connectivity index (χ0) is 11.4. The highest BCUT2D eigenvalue weighted by molar-refractivity contribution is 5.82. The predicted molar refractivity (Wildman–Crippen MR) is 57.7 cm³/mol. The van der Waals surface area contributed by atoms with E-state index in [2.05, 4.69) is 10.8 Å². The van der Waals surface area contributed by atoms with Crippen molar-refractivity contribution in [3.05, 3.63) is 23.8 Å². The fourth-order valence-corrected chi connectivity index (χ4v) is 2.06. The molecule has 0 aromatic heterocycles. The lowest BCUT2D eigenvalue weighted by Crippen LogP contribution is -2.32. The summed E-state index contributed by atoms with van der Waals surface area (Å²) in [5.74, 6) is -0.779. The van der Waals surface area contributed by atoms with E-state index in [4.69, 9.17) is 9.47 Å². The third kappa shape index (κ3) is 2.51. The van der Waals surface area contributed by atoms with Gasteiger partial charge in [0.15, 0.2) is 5.79 Å². The number of carbonyl (C=O) groups is 1. The van der Waals surface area contributed by atoms with Crippen LogP contribution in [-0.2, 0) is 19.0 Å². The van der Waals surface area contributed by atoms with E-state index in [1.165, 1.54) is 13.2 Å². The molecule has 0 aromatic rings. The molecule has 1 saturated heterocycles. The number of rotatable bonds is 2. The number of allylic oxidation sites excluding steroid dienone is 2. The average Bonchev–Trinajstić information content (AvgIpc) is 2.74. The monoisotopic (exact) mass is 224 g/mol. The van der Waals surface area contributed by atoms with Gasteiger partial charge in [-0.2, -0.15) is 0 Å². The van der Waals surface area contributed by atoms with E-state index in [1.807, 2.05) is 0 Å². The summed E-state index contributed by atoms with van der Waals surface area (Å²) in [6, 6.07) is 0. The van der Waals surface area contributed by atoms with Crippen LogP contribution in [0.2, 0.25) is 0 Å². The van der Waals surface area contributed by atoms with Crippen molar-refractivity contribution in [1.29, 1.82) is 0 Å². The summed E-state index contributed by atoms with van der Waals surface area (Å²) in [6.07, 6.45) is 7.83. The van der Waals surface area contributed by atoms with E-state index in [9.17, 15) is 4.79 Å². The Labute approximate surface area is 94.9 Å². The van der Waals surface area contributed by atoms with Crippen LogP contribution in [0.1, 0.15) is 19.3 Å². The summed E-state index contributed by atoms with van der Waals surface area (Å²) in [7, 11) is 1.37. The van der Waals surface area contributed by atoms with Crippen LogP contribution >= 0.6 is 0 Å². The van der Waals surface area contributed by atoms with Gasteiger partial charge in [0.2, 0.25) is 0 Å². The molecule has 1 aliphatic heterocycles. The number of hydrogen-bond acceptors (Lipinski definition) is 4. The smallest absolute Gasteiger partial charge is 0.330 e. The summed E-state index contributed by atoms with van der Waals surface area (Å²) in [4.78, 5) is 11.0. The van der Waals surface area contributed by atoms with Gasteiger partial charge in [0, 0.05) is 18.9 Å². The Bertz CT molecular complexity index is 324. The van der Waals surface area contributed by atoms with Gasteiger partial charge in [0.05, 0.1) is 20.3 Å². The molecule has 2 aliphatic rings. The van der Waals surface area contributed by atoms with Gasteiger partial charge in [-0.3, -0.25) is 0 Å². The SMILES string of the molecule is COC(=O)C=CC1=CCCC2(C1)OCCO2. The van der Waals surface area contributed by atoms with Crippen molar-refractivity contribution in [2.75, 3.05) is 20.3 Å². The van der Waals surface area contributed by atoms with Gasteiger partial charge in [-0.05, 0) is 12.0 Å². The topological polar surface area (TPSA) is 44.8 Å². The van der Waals surface area contributed by atoms with Crippen molar-refractivity contribution >= 4 is 5.97 Å². The van der Waals surface area contributed by atoms with Gasteiger partial charge in [0.25, 0.3) is 0 Å². The van der Waals surface area contributed by atoms with E-state index in [1.54, 1.807) is 6.08 Å². The van der Waals surface area contributed by atoms with Crippen molar-refractivity contribution in [3.63, 3.8) is 0 Å². The first-order chi connectivity index (χ1) is 7.74. The molecule has 0 bridgehead atoms. The Kier molecular flexibility index (Phi) is 3.41. The van der Waals surface area contributed by atoms with Gasteiger partial charge in [-0.25, -0.2) is 4.79 Å². The number of carbonyl (C=O) groups excluding carboxylic acids is 1. The molecule has 2 rings (SSSR count). The molecule has 1 heterocycles. The van der Waals surface area contributed by atoms with Gasteiger partial charge < -0.3 is 14.2 Å². The van der Waals surface area contributed by atoms with Crippen molar-refractivity contribution in [1.82, 2.24) is 0 Å². The minimum atomic E-state index is -0.440. The molecule has 16 heavy (non-hydrogen) atoms. The lowest BCUT2D eigenvalue weighted by molar-refractivity contribution is -0.162. The van der Waals surface area contributed by atoms with E-state index < -0.39 is 5.79 Å². The fraction of sp³-hybridized carbons (Fsp3) is 0.583. The minimum absolute atomic E-state index is 0.339. The molecule has 0 atom stereocenters. The first kappa shape index (κ1) is 11.4. The average molecular weight is 224 g/mol. The highest BCUT2D eigenvalue weighted by Crippen LogP contribution is 2.35. The van der Waals surface area contributed by atoms with Gasteiger partial charge in [0.1, 0.15) is 0 Å². The quantitative estimate of drug-likeness (QED) is 0.527. The highest BCUT2D eigenvalue weighted by atomic mass is 16.7. The molecule has 1 spiro atoms. The normalized spacial score (nSPS) is 23.7. The second-order valence-electron chi connectivity index (χ2n) is 3.96. The lowest BCUT2D eigenvalue weighted by Gasteiger charge is -2.30. The first-order valence-electron chi connectivity index (χ1n) is 5.47. The summed E-state index contributed by atoms with van der Waals surface area (Å²) < 4.78 is 15.8. The van der Waals surface area contributed by atoms with Crippen LogP contribution in [0, 0.1) is 0 Å². The largest absolute Gasteiger partial charge is 0.466 e. The van der Waals surface area contributed by atoms with E-state index in [0.29, 0.717) is 19.6 Å². The molecule has 4 nitrogen and oxygen atoms in total. The van der Waals surface area contributed by atoms with Crippen LogP contribution in [0.5, 0.6) is 0 Å². The van der Waals surface area contributed by atoms with Crippen molar-refractivity contribution in [2.24, 2.45) is 0 Å². The highest BCUT2D eigenvalue weighted by Gasteiger charge is 2.38. The third-order valence-electron chi connectivity index (χ3n) is 2.85. The molecule has 1 aliphatic carbocycles. The maximum Gasteiger partial charge on any atom is 0.330 e. The van der Waals surface area contributed by atoms with Gasteiger partial charge >= 0.3 is 5.97 Å². The Morgan fingerprint density at radius 2 is 2.25 bits per heavy atom. The van der Waals surface area contributed by atoms with Crippen molar-refractivity contribution in [2.45, 2.75) is 25.0 Å².